The van der Waals surface area contributed by atoms with E-state index in [4.69, 9.17) is 5.73 Å². The summed E-state index contributed by atoms with van der Waals surface area (Å²) in [6, 6.07) is 5.55. The highest BCUT2D eigenvalue weighted by Gasteiger charge is 2.25. The van der Waals surface area contributed by atoms with Crippen LogP contribution < -0.4 is 21.7 Å². The summed E-state index contributed by atoms with van der Waals surface area (Å²) in [5.74, 6) is -3.47. The van der Waals surface area contributed by atoms with E-state index in [0.717, 1.165) is 5.56 Å². The molecule has 3 amide bonds. The number of amides is 3. The first-order valence-corrected chi connectivity index (χ1v) is 9.78. The Morgan fingerprint density at radius 3 is 2.34 bits per heavy atom. The largest absolute Gasteiger partial charge is 0.480 e. The number of hydrogen-bond donors (Lipinski definition) is 7. The number of aliphatic hydroxyl groups excluding tert-OH is 1. The van der Waals surface area contributed by atoms with Gasteiger partial charge < -0.3 is 36.9 Å². The molecule has 0 spiro atoms. The molecule has 0 saturated heterocycles. The molecular formula is C20H26N6O6. The van der Waals surface area contributed by atoms with Gasteiger partial charge in [-0.25, -0.2) is 9.78 Å². The van der Waals surface area contributed by atoms with Crippen molar-refractivity contribution in [3.8, 4) is 0 Å². The van der Waals surface area contributed by atoms with Crippen molar-refractivity contribution >= 4 is 23.7 Å². The number of imidazole rings is 1. The van der Waals surface area contributed by atoms with Crippen LogP contribution in [-0.4, -0.2) is 75.1 Å². The van der Waals surface area contributed by atoms with E-state index in [9.17, 15) is 29.4 Å². The molecule has 0 fully saturated rings. The van der Waals surface area contributed by atoms with Crippen molar-refractivity contribution in [1.82, 2.24) is 25.9 Å². The number of aliphatic carboxylic acids is 1. The zero-order valence-corrected chi connectivity index (χ0v) is 17.2. The maximum absolute atomic E-state index is 12.3. The number of H-pyrrole nitrogens is 1. The lowest BCUT2D eigenvalue weighted by Gasteiger charge is -2.19. The molecule has 12 nitrogen and oxygen atoms in total. The molecule has 2 rings (SSSR count). The van der Waals surface area contributed by atoms with E-state index < -0.39 is 55.0 Å². The number of benzene rings is 1. The van der Waals surface area contributed by atoms with Crippen molar-refractivity contribution in [2.75, 3.05) is 13.2 Å². The third-order valence-corrected chi connectivity index (χ3v) is 4.49. The zero-order valence-electron chi connectivity index (χ0n) is 17.2. The van der Waals surface area contributed by atoms with Crippen LogP contribution in [0.1, 0.15) is 11.3 Å². The molecule has 0 aliphatic heterocycles. The molecule has 2 aromatic rings. The van der Waals surface area contributed by atoms with Gasteiger partial charge in [0.05, 0.1) is 25.5 Å². The van der Waals surface area contributed by atoms with Gasteiger partial charge in [-0.15, -0.1) is 0 Å². The molecule has 172 valence electrons. The van der Waals surface area contributed by atoms with Gasteiger partial charge in [-0.2, -0.15) is 0 Å². The number of carbonyl (C=O) groups is 4. The first-order chi connectivity index (χ1) is 15.3. The molecule has 0 saturated carbocycles. The van der Waals surface area contributed by atoms with Gasteiger partial charge >= 0.3 is 5.97 Å². The molecule has 0 aliphatic carbocycles. The van der Waals surface area contributed by atoms with Gasteiger partial charge in [-0.3, -0.25) is 14.4 Å². The molecule has 0 bridgehead atoms. The van der Waals surface area contributed by atoms with Crippen molar-refractivity contribution in [3.05, 3.63) is 54.1 Å². The number of aromatic nitrogens is 2. The van der Waals surface area contributed by atoms with Crippen LogP contribution in [0.4, 0.5) is 0 Å². The summed E-state index contributed by atoms with van der Waals surface area (Å²) >= 11 is 0. The molecule has 3 atom stereocenters. The summed E-state index contributed by atoms with van der Waals surface area (Å²) in [4.78, 5) is 54.4. The quantitative estimate of drug-likeness (QED) is 0.188. The van der Waals surface area contributed by atoms with Gasteiger partial charge in [0.25, 0.3) is 0 Å². The van der Waals surface area contributed by atoms with Gasteiger partial charge in [0, 0.05) is 18.3 Å². The highest BCUT2D eigenvalue weighted by molar-refractivity contribution is 5.92. The molecular weight excluding hydrogens is 420 g/mol. The molecule has 12 heteroatoms. The number of hydrogen-bond acceptors (Lipinski definition) is 7. The molecule has 1 aromatic carbocycles. The molecule has 3 unspecified atom stereocenters. The van der Waals surface area contributed by atoms with Crippen LogP contribution in [0.5, 0.6) is 0 Å². The first kappa shape index (κ1) is 24.5. The lowest BCUT2D eigenvalue weighted by atomic mass is 10.1. The van der Waals surface area contributed by atoms with Crippen molar-refractivity contribution in [3.63, 3.8) is 0 Å². The predicted octanol–water partition coefficient (Wildman–Crippen LogP) is -2.32. The van der Waals surface area contributed by atoms with Gasteiger partial charge in [-0.1, -0.05) is 30.3 Å². The van der Waals surface area contributed by atoms with Crippen LogP contribution in [-0.2, 0) is 32.0 Å². The number of nitrogens with zero attached hydrogens (tertiary/aromatic N) is 1. The Morgan fingerprint density at radius 1 is 1.03 bits per heavy atom. The van der Waals surface area contributed by atoms with Gasteiger partial charge in [0.2, 0.25) is 17.7 Å². The van der Waals surface area contributed by atoms with Gasteiger partial charge in [0.1, 0.15) is 12.1 Å². The van der Waals surface area contributed by atoms with Crippen LogP contribution >= 0.6 is 0 Å². The Kier molecular flexibility index (Phi) is 9.32. The molecule has 32 heavy (non-hydrogen) atoms. The third kappa shape index (κ3) is 7.81. The minimum absolute atomic E-state index is 0.0242. The average Bonchev–Trinajstić information content (AvgIpc) is 3.29. The lowest BCUT2D eigenvalue weighted by molar-refractivity contribution is -0.141. The molecule has 1 heterocycles. The number of carboxylic acid groups (broad SMARTS) is 1. The SMILES string of the molecule is NC(Cc1ccccc1)C(=O)NC(CO)C(=O)NCC(=O)NC(Cc1cnc[nH]1)C(=O)O. The molecule has 8 N–H and O–H groups in total. The second-order valence-electron chi connectivity index (χ2n) is 7.00. The van der Waals surface area contributed by atoms with Crippen LogP contribution in [0.25, 0.3) is 0 Å². The topological polar surface area (TPSA) is 200 Å². The number of aliphatic hydroxyl groups is 1. The van der Waals surface area contributed by atoms with Gasteiger partial charge in [-0.05, 0) is 12.0 Å². The third-order valence-electron chi connectivity index (χ3n) is 4.49. The average molecular weight is 446 g/mol. The highest BCUT2D eigenvalue weighted by atomic mass is 16.4. The van der Waals surface area contributed by atoms with E-state index in [2.05, 4.69) is 25.9 Å². The Hall–Kier alpha value is -3.77. The minimum atomic E-state index is -1.32. The van der Waals surface area contributed by atoms with E-state index in [1.54, 1.807) is 24.3 Å². The monoisotopic (exact) mass is 446 g/mol. The number of nitrogens with one attached hydrogen (secondary N) is 4. The van der Waals surface area contributed by atoms with Crippen molar-refractivity contribution < 1.29 is 29.4 Å². The Bertz CT molecular complexity index is 905. The van der Waals surface area contributed by atoms with Crippen molar-refractivity contribution in [2.45, 2.75) is 31.0 Å². The number of carboxylic acids is 1. The fourth-order valence-corrected chi connectivity index (χ4v) is 2.79. The second kappa shape index (κ2) is 12.2. The van der Waals surface area contributed by atoms with Crippen molar-refractivity contribution in [1.29, 1.82) is 0 Å². The predicted molar refractivity (Wildman–Crippen MR) is 112 cm³/mol. The minimum Gasteiger partial charge on any atom is -0.480 e. The summed E-state index contributed by atoms with van der Waals surface area (Å²) in [7, 11) is 0. The normalized spacial score (nSPS) is 13.4. The maximum Gasteiger partial charge on any atom is 0.326 e. The van der Waals surface area contributed by atoms with Crippen LogP contribution in [0.2, 0.25) is 0 Å². The van der Waals surface area contributed by atoms with Gasteiger partial charge in [0.15, 0.2) is 0 Å². The summed E-state index contributed by atoms with van der Waals surface area (Å²) in [5.41, 5.74) is 7.21. The summed E-state index contributed by atoms with van der Waals surface area (Å²) in [6.07, 6.45) is 3.03. The fraction of sp³-hybridized carbons (Fsp3) is 0.350. The number of nitrogens with two attached hydrogens (primary N) is 1. The second-order valence-corrected chi connectivity index (χ2v) is 7.00. The smallest absolute Gasteiger partial charge is 0.326 e. The Labute approximate surface area is 183 Å². The summed E-state index contributed by atoms with van der Waals surface area (Å²) in [5, 5.41) is 25.6. The number of carbonyl (C=O) groups excluding carboxylic acids is 3. The van der Waals surface area contributed by atoms with Crippen molar-refractivity contribution in [2.24, 2.45) is 5.73 Å². The molecule has 1 aromatic heterocycles. The van der Waals surface area contributed by atoms with E-state index >= 15 is 0 Å². The summed E-state index contributed by atoms with van der Waals surface area (Å²) < 4.78 is 0. The summed E-state index contributed by atoms with van der Waals surface area (Å²) in [6.45, 7) is -1.26. The van der Waals surface area contributed by atoms with E-state index in [1.165, 1.54) is 12.5 Å². The molecule has 0 aliphatic rings. The van der Waals surface area contributed by atoms with E-state index in [0.29, 0.717) is 5.69 Å². The number of rotatable bonds is 12. The van der Waals surface area contributed by atoms with Crippen LogP contribution in [0, 0.1) is 0 Å². The lowest BCUT2D eigenvalue weighted by Crippen LogP contribution is -2.55. The first-order valence-electron chi connectivity index (χ1n) is 9.78. The van der Waals surface area contributed by atoms with Crippen LogP contribution in [0.15, 0.2) is 42.9 Å². The fourth-order valence-electron chi connectivity index (χ4n) is 2.79. The number of aromatic amines is 1. The van der Waals surface area contributed by atoms with E-state index in [1.807, 2.05) is 6.07 Å². The Morgan fingerprint density at radius 2 is 1.75 bits per heavy atom. The van der Waals surface area contributed by atoms with E-state index in [-0.39, 0.29) is 12.8 Å². The Balaban J connectivity index is 1.81. The van der Waals surface area contributed by atoms with Crippen LogP contribution in [0.3, 0.4) is 0 Å². The highest BCUT2D eigenvalue weighted by Crippen LogP contribution is 2.02. The zero-order chi connectivity index (χ0) is 23.5. The standard InChI is InChI=1S/C20H26N6O6/c21-14(6-12-4-2-1-3-5-12)18(29)26-16(10-27)19(30)23-9-17(28)25-15(20(31)32)7-13-8-22-11-24-13/h1-5,8,11,14-16,27H,6-7,9-10,21H2,(H,22,24)(H,23,30)(H,25,28)(H,26,29)(H,31,32). The maximum atomic E-state index is 12.3. The molecule has 0 radical (unpaired) electrons.